The van der Waals surface area contributed by atoms with E-state index >= 15 is 0 Å². The van der Waals surface area contributed by atoms with Crippen LogP contribution in [-0.4, -0.2) is 11.1 Å². The van der Waals surface area contributed by atoms with Crippen molar-refractivity contribution in [1.82, 2.24) is 0 Å². The Kier molecular flexibility index (Phi) is 3.20. The zero-order valence-corrected chi connectivity index (χ0v) is 9.47. The Morgan fingerprint density at radius 3 is 2.67 bits per heavy atom. The molecular formula is C12H13ClO2. The number of rotatable bonds is 1. The van der Waals surface area contributed by atoms with Crippen LogP contribution in [0.3, 0.4) is 0 Å². The zero-order valence-electron chi connectivity index (χ0n) is 8.65. The molecule has 1 aromatic carbocycles. The van der Waals surface area contributed by atoms with Gasteiger partial charge in [-0.25, -0.2) is 4.79 Å². The van der Waals surface area contributed by atoms with Gasteiger partial charge in [-0.05, 0) is 24.1 Å². The van der Waals surface area contributed by atoms with Crippen LogP contribution in [0.5, 0.6) is 0 Å². The molecule has 0 aliphatic heterocycles. The zero-order chi connectivity index (χ0) is 10.3. The first-order valence-electron chi connectivity index (χ1n) is 4.65. The van der Waals surface area contributed by atoms with Gasteiger partial charge in [0.2, 0.25) is 0 Å². The summed E-state index contributed by atoms with van der Waals surface area (Å²) in [5.74, 6) is -0.797. The Balaban J connectivity index is 0.00000112. The number of halogens is 1. The van der Waals surface area contributed by atoms with Crippen LogP contribution in [0.1, 0.15) is 29.5 Å². The van der Waals surface area contributed by atoms with Gasteiger partial charge < -0.3 is 5.11 Å². The van der Waals surface area contributed by atoms with E-state index in [1.54, 1.807) is 6.08 Å². The van der Waals surface area contributed by atoms with Crippen LogP contribution in [0, 0.1) is 6.92 Å². The SMILES string of the molecule is Cc1ccc2c(c1)C(C)C(C(=O)O)=C2.Cl. The van der Waals surface area contributed by atoms with E-state index in [4.69, 9.17) is 5.11 Å². The van der Waals surface area contributed by atoms with Crippen molar-refractivity contribution in [3.8, 4) is 0 Å². The van der Waals surface area contributed by atoms with Gasteiger partial charge in [-0.3, -0.25) is 0 Å². The van der Waals surface area contributed by atoms with Gasteiger partial charge in [-0.15, -0.1) is 12.4 Å². The second-order valence-corrected chi connectivity index (χ2v) is 3.76. The molecule has 2 rings (SSSR count). The van der Waals surface area contributed by atoms with Crippen LogP contribution in [0.2, 0.25) is 0 Å². The highest BCUT2D eigenvalue weighted by molar-refractivity contribution is 5.96. The predicted molar refractivity (Wildman–Crippen MR) is 62.5 cm³/mol. The number of carbonyl (C=O) groups is 1. The number of hydrogen-bond acceptors (Lipinski definition) is 1. The minimum absolute atomic E-state index is 0. The maximum absolute atomic E-state index is 10.9. The second kappa shape index (κ2) is 4.07. The Labute approximate surface area is 95.0 Å². The van der Waals surface area contributed by atoms with Crippen molar-refractivity contribution in [2.75, 3.05) is 0 Å². The minimum Gasteiger partial charge on any atom is -0.478 e. The number of carboxylic acids is 1. The Bertz CT molecular complexity index is 435. The molecule has 1 aliphatic carbocycles. The maximum Gasteiger partial charge on any atom is 0.332 e. The van der Waals surface area contributed by atoms with Crippen LogP contribution in [0.25, 0.3) is 6.08 Å². The van der Waals surface area contributed by atoms with Crippen molar-refractivity contribution in [2.24, 2.45) is 0 Å². The largest absolute Gasteiger partial charge is 0.478 e. The molecule has 1 N–H and O–H groups in total. The summed E-state index contributed by atoms with van der Waals surface area (Å²) in [6, 6.07) is 6.05. The lowest BCUT2D eigenvalue weighted by Gasteiger charge is -2.07. The van der Waals surface area contributed by atoms with E-state index in [1.807, 2.05) is 26.0 Å². The lowest BCUT2D eigenvalue weighted by atomic mass is 9.97. The quantitative estimate of drug-likeness (QED) is 0.796. The highest BCUT2D eigenvalue weighted by Crippen LogP contribution is 2.36. The van der Waals surface area contributed by atoms with Gasteiger partial charge in [0.1, 0.15) is 0 Å². The molecule has 1 atom stereocenters. The van der Waals surface area contributed by atoms with E-state index in [1.165, 1.54) is 5.56 Å². The van der Waals surface area contributed by atoms with Gasteiger partial charge in [0.25, 0.3) is 0 Å². The molecule has 0 aromatic heterocycles. The van der Waals surface area contributed by atoms with Crippen LogP contribution in [0.4, 0.5) is 0 Å². The van der Waals surface area contributed by atoms with E-state index in [0.717, 1.165) is 11.1 Å². The molecule has 1 aliphatic rings. The summed E-state index contributed by atoms with van der Waals surface area (Å²) in [7, 11) is 0. The lowest BCUT2D eigenvalue weighted by Crippen LogP contribution is -2.04. The summed E-state index contributed by atoms with van der Waals surface area (Å²) in [4.78, 5) is 10.9. The highest BCUT2D eigenvalue weighted by Gasteiger charge is 2.25. The summed E-state index contributed by atoms with van der Waals surface area (Å²) < 4.78 is 0. The molecule has 0 amide bonds. The normalized spacial score (nSPS) is 17.7. The molecule has 0 saturated heterocycles. The van der Waals surface area contributed by atoms with Gasteiger partial charge in [0.15, 0.2) is 0 Å². The molecule has 15 heavy (non-hydrogen) atoms. The Morgan fingerprint density at radius 2 is 2.07 bits per heavy atom. The summed E-state index contributed by atoms with van der Waals surface area (Å²) >= 11 is 0. The van der Waals surface area contributed by atoms with E-state index in [2.05, 4.69) is 6.07 Å². The molecule has 80 valence electrons. The number of aliphatic carboxylic acids is 1. The molecule has 1 unspecified atom stereocenters. The maximum atomic E-state index is 10.9. The van der Waals surface area contributed by atoms with E-state index < -0.39 is 5.97 Å². The lowest BCUT2D eigenvalue weighted by molar-refractivity contribution is -0.132. The van der Waals surface area contributed by atoms with E-state index in [-0.39, 0.29) is 18.3 Å². The first-order valence-corrected chi connectivity index (χ1v) is 4.65. The smallest absolute Gasteiger partial charge is 0.332 e. The molecule has 2 nitrogen and oxygen atoms in total. The van der Waals surface area contributed by atoms with Crippen molar-refractivity contribution < 1.29 is 9.90 Å². The average Bonchev–Trinajstić information content (AvgIpc) is 2.44. The third-order valence-corrected chi connectivity index (χ3v) is 2.73. The summed E-state index contributed by atoms with van der Waals surface area (Å²) in [5, 5.41) is 8.96. The molecule has 0 spiro atoms. The minimum atomic E-state index is -0.814. The topological polar surface area (TPSA) is 37.3 Å². The molecular weight excluding hydrogens is 212 g/mol. The van der Waals surface area contributed by atoms with Gasteiger partial charge in [0, 0.05) is 11.5 Å². The third kappa shape index (κ3) is 1.90. The van der Waals surface area contributed by atoms with E-state index in [9.17, 15) is 4.79 Å². The summed E-state index contributed by atoms with van der Waals surface area (Å²) in [5.41, 5.74) is 3.84. The molecule has 3 heteroatoms. The number of fused-ring (bicyclic) bond motifs is 1. The van der Waals surface area contributed by atoms with Crippen molar-refractivity contribution >= 4 is 24.5 Å². The molecule has 0 saturated carbocycles. The average molecular weight is 225 g/mol. The number of carboxylic acid groups (broad SMARTS) is 1. The first-order chi connectivity index (χ1) is 6.59. The van der Waals surface area contributed by atoms with Crippen LogP contribution in [-0.2, 0) is 4.79 Å². The van der Waals surface area contributed by atoms with Gasteiger partial charge in [0.05, 0.1) is 0 Å². The standard InChI is InChI=1S/C12H12O2.ClH/c1-7-3-4-9-6-11(12(13)14)8(2)10(9)5-7;/h3-6,8H,1-2H3,(H,13,14);1H. The fraction of sp³-hybridized carbons (Fsp3) is 0.250. The van der Waals surface area contributed by atoms with Crippen molar-refractivity contribution in [3.05, 3.63) is 40.5 Å². The van der Waals surface area contributed by atoms with Gasteiger partial charge in [-0.1, -0.05) is 30.7 Å². The van der Waals surface area contributed by atoms with E-state index in [0.29, 0.717) is 5.57 Å². The van der Waals surface area contributed by atoms with Crippen LogP contribution < -0.4 is 0 Å². The van der Waals surface area contributed by atoms with Gasteiger partial charge >= 0.3 is 5.97 Å². The Hall–Kier alpha value is -1.28. The van der Waals surface area contributed by atoms with Crippen LogP contribution in [0.15, 0.2) is 23.8 Å². The molecule has 0 bridgehead atoms. The third-order valence-electron chi connectivity index (χ3n) is 2.73. The van der Waals surface area contributed by atoms with Crippen molar-refractivity contribution in [2.45, 2.75) is 19.8 Å². The highest BCUT2D eigenvalue weighted by atomic mass is 35.5. The second-order valence-electron chi connectivity index (χ2n) is 3.76. The molecule has 1 aromatic rings. The van der Waals surface area contributed by atoms with Crippen LogP contribution >= 0.6 is 12.4 Å². The number of benzene rings is 1. The fourth-order valence-electron chi connectivity index (χ4n) is 1.91. The monoisotopic (exact) mass is 224 g/mol. The fourth-order valence-corrected chi connectivity index (χ4v) is 1.91. The number of aryl methyl sites for hydroxylation is 1. The molecule has 0 radical (unpaired) electrons. The Morgan fingerprint density at radius 1 is 1.40 bits per heavy atom. The summed E-state index contributed by atoms with van der Waals surface area (Å²) in [6.45, 7) is 3.96. The first kappa shape index (κ1) is 11.8. The number of hydrogen-bond donors (Lipinski definition) is 1. The molecule has 0 fully saturated rings. The van der Waals surface area contributed by atoms with Crippen molar-refractivity contribution in [3.63, 3.8) is 0 Å². The summed E-state index contributed by atoms with van der Waals surface area (Å²) in [6.07, 6.45) is 1.77. The van der Waals surface area contributed by atoms with Gasteiger partial charge in [-0.2, -0.15) is 0 Å². The predicted octanol–water partition coefficient (Wildman–Crippen LogP) is 3.00. The molecule has 0 heterocycles. The van der Waals surface area contributed by atoms with Crippen molar-refractivity contribution in [1.29, 1.82) is 0 Å².